The summed E-state index contributed by atoms with van der Waals surface area (Å²) < 4.78 is 6.70. The van der Waals surface area contributed by atoms with Gasteiger partial charge in [0.15, 0.2) is 5.82 Å². The lowest BCUT2D eigenvalue weighted by molar-refractivity contribution is 0.0525. The Morgan fingerprint density at radius 1 is 1.40 bits per heavy atom. The molecule has 6 nitrogen and oxygen atoms in total. The summed E-state index contributed by atoms with van der Waals surface area (Å²) in [5, 5.41) is 4.42. The summed E-state index contributed by atoms with van der Waals surface area (Å²) in [4.78, 5) is 16.3. The van der Waals surface area contributed by atoms with Gasteiger partial charge in [-0.05, 0) is 39.3 Å². The lowest BCUT2D eigenvalue weighted by Gasteiger charge is -2.10. The number of carbonyl (C=O) groups is 1. The Kier molecular flexibility index (Phi) is 3.74. The molecule has 0 saturated carbocycles. The second-order valence-corrected chi connectivity index (χ2v) is 4.57. The zero-order chi connectivity index (χ0) is 14.9. The van der Waals surface area contributed by atoms with E-state index < -0.39 is 5.97 Å². The zero-order valence-corrected chi connectivity index (χ0v) is 12.1. The van der Waals surface area contributed by atoms with Crippen molar-refractivity contribution in [2.75, 3.05) is 12.3 Å². The number of nitrogens with two attached hydrogens (primary N) is 1. The van der Waals surface area contributed by atoms with Crippen LogP contribution in [0, 0.1) is 20.8 Å². The van der Waals surface area contributed by atoms with Gasteiger partial charge < -0.3 is 10.5 Å². The quantitative estimate of drug-likeness (QED) is 0.865. The maximum Gasteiger partial charge on any atom is 0.342 e. The number of carbonyl (C=O) groups excluding carboxylic acids is 1. The highest BCUT2D eigenvalue weighted by Gasteiger charge is 2.19. The Labute approximate surface area is 117 Å². The number of hydrogen-bond acceptors (Lipinski definition) is 5. The van der Waals surface area contributed by atoms with E-state index in [2.05, 4.69) is 10.1 Å². The molecule has 106 valence electrons. The molecule has 20 heavy (non-hydrogen) atoms. The van der Waals surface area contributed by atoms with Gasteiger partial charge in [0.1, 0.15) is 5.56 Å². The van der Waals surface area contributed by atoms with E-state index in [4.69, 9.17) is 10.5 Å². The lowest BCUT2D eigenvalue weighted by Crippen LogP contribution is -2.13. The van der Waals surface area contributed by atoms with Crippen molar-refractivity contribution in [2.45, 2.75) is 27.7 Å². The maximum absolute atomic E-state index is 12.0. The van der Waals surface area contributed by atoms with E-state index in [1.165, 1.54) is 6.20 Å². The second kappa shape index (κ2) is 5.32. The monoisotopic (exact) mass is 274 g/mol. The molecule has 0 bridgehead atoms. The van der Waals surface area contributed by atoms with E-state index >= 15 is 0 Å². The van der Waals surface area contributed by atoms with Gasteiger partial charge in [0.25, 0.3) is 0 Å². The SMILES string of the molecule is CCOC(=O)c1cc(N)cnc1-n1nc(C)c(C)c1C. The number of aromatic nitrogens is 3. The molecule has 2 aromatic heterocycles. The smallest absolute Gasteiger partial charge is 0.342 e. The van der Waals surface area contributed by atoms with Crippen molar-refractivity contribution in [1.29, 1.82) is 0 Å². The van der Waals surface area contributed by atoms with Crippen LogP contribution in [0.1, 0.15) is 34.2 Å². The first-order chi connectivity index (χ1) is 9.45. The third kappa shape index (κ3) is 2.36. The number of nitrogen functional groups attached to an aromatic ring is 1. The highest BCUT2D eigenvalue weighted by Crippen LogP contribution is 2.20. The molecule has 0 radical (unpaired) electrons. The molecule has 6 heteroatoms. The summed E-state index contributed by atoms with van der Waals surface area (Å²) in [5.41, 5.74) is 9.34. The topological polar surface area (TPSA) is 83.0 Å². The third-order valence-corrected chi connectivity index (χ3v) is 3.24. The number of pyridine rings is 1. The van der Waals surface area contributed by atoms with Crippen molar-refractivity contribution in [3.8, 4) is 5.82 Å². The zero-order valence-electron chi connectivity index (χ0n) is 12.1. The van der Waals surface area contributed by atoms with Gasteiger partial charge in [-0.2, -0.15) is 5.10 Å². The minimum atomic E-state index is -0.451. The number of aryl methyl sites for hydroxylation is 1. The van der Waals surface area contributed by atoms with Crippen LogP contribution in [0.25, 0.3) is 5.82 Å². The average Bonchev–Trinajstić information content (AvgIpc) is 2.67. The van der Waals surface area contributed by atoms with Gasteiger partial charge in [-0.1, -0.05) is 0 Å². The molecule has 0 aliphatic heterocycles. The molecule has 0 spiro atoms. The highest BCUT2D eigenvalue weighted by molar-refractivity contribution is 5.93. The molecule has 0 atom stereocenters. The van der Waals surface area contributed by atoms with Crippen molar-refractivity contribution in [1.82, 2.24) is 14.8 Å². The molecule has 0 saturated heterocycles. The maximum atomic E-state index is 12.0. The number of rotatable bonds is 3. The molecule has 0 aliphatic rings. The minimum Gasteiger partial charge on any atom is -0.462 e. The molecule has 0 aromatic carbocycles. The van der Waals surface area contributed by atoms with Crippen LogP contribution < -0.4 is 5.73 Å². The van der Waals surface area contributed by atoms with Crippen LogP contribution in [0.3, 0.4) is 0 Å². The molecule has 2 rings (SSSR count). The van der Waals surface area contributed by atoms with Gasteiger partial charge in [-0.3, -0.25) is 0 Å². The van der Waals surface area contributed by atoms with Crippen LogP contribution >= 0.6 is 0 Å². The first-order valence-corrected chi connectivity index (χ1v) is 6.41. The highest BCUT2D eigenvalue weighted by atomic mass is 16.5. The van der Waals surface area contributed by atoms with E-state index in [1.807, 2.05) is 20.8 Å². The van der Waals surface area contributed by atoms with Crippen LogP contribution in [0.15, 0.2) is 12.3 Å². The molecule has 2 N–H and O–H groups in total. The number of ether oxygens (including phenoxy) is 1. The van der Waals surface area contributed by atoms with Crippen molar-refractivity contribution in [3.63, 3.8) is 0 Å². The van der Waals surface area contributed by atoms with Crippen LogP contribution in [-0.4, -0.2) is 27.3 Å². The van der Waals surface area contributed by atoms with Crippen LogP contribution in [0.2, 0.25) is 0 Å². The van der Waals surface area contributed by atoms with Gasteiger partial charge in [-0.25, -0.2) is 14.5 Å². The van der Waals surface area contributed by atoms with E-state index in [0.717, 1.165) is 17.0 Å². The molecule has 2 heterocycles. The molecule has 0 aliphatic carbocycles. The summed E-state index contributed by atoms with van der Waals surface area (Å²) in [6.45, 7) is 7.88. The van der Waals surface area contributed by atoms with E-state index in [9.17, 15) is 4.79 Å². The summed E-state index contributed by atoms with van der Waals surface area (Å²) in [6.07, 6.45) is 1.50. The summed E-state index contributed by atoms with van der Waals surface area (Å²) in [6, 6.07) is 1.56. The van der Waals surface area contributed by atoms with Crippen LogP contribution in [0.4, 0.5) is 5.69 Å². The van der Waals surface area contributed by atoms with Gasteiger partial charge >= 0.3 is 5.97 Å². The van der Waals surface area contributed by atoms with Gasteiger partial charge in [0.05, 0.1) is 24.2 Å². The van der Waals surface area contributed by atoms with Crippen molar-refractivity contribution in [2.24, 2.45) is 0 Å². The first kappa shape index (κ1) is 14.0. The Morgan fingerprint density at radius 2 is 2.10 bits per heavy atom. The Bertz CT molecular complexity index is 661. The fourth-order valence-corrected chi connectivity index (χ4v) is 1.93. The molecule has 0 fully saturated rings. The number of anilines is 1. The van der Waals surface area contributed by atoms with Crippen molar-refractivity contribution < 1.29 is 9.53 Å². The fourth-order valence-electron chi connectivity index (χ4n) is 1.93. The molecule has 2 aromatic rings. The number of nitrogens with zero attached hydrogens (tertiary/aromatic N) is 3. The standard InChI is InChI=1S/C14H18N4O2/c1-5-20-14(19)12-6-11(15)7-16-13(12)18-10(4)8(2)9(3)17-18/h6-7H,5,15H2,1-4H3. The van der Waals surface area contributed by atoms with E-state index in [0.29, 0.717) is 23.7 Å². The molecular weight excluding hydrogens is 256 g/mol. The molecular formula is C14H18N4O2. The van der Waals surface area contributed by atoms with Gasteiger partial charge in [0.2, 0.25) is 0 Å². The van der Waals surface area contributed by atoms with Crippen molar-refractivity contribution >= 4 is 11.7 Å². The predicted molar refractivity (Wildman–Crippen MR) is 75.9 cm³/mol. The Hall–Kier alpha value is -2.37. The summed E-state index contributed by atoms with van der Waals surface area (Å²) in [5.74, 6) is -0.0149. The van der Waals surface area contributed by atoms with Gasteiger partial charge in [-0.15, -0.1) is 0 Å². The number of hydrogen-bond donors (Lipinski definition) is 1. The first-order valence-electron chi connectivity index (χ1n) is 6.41. The third-order valence-electron chi connectivity index (χ3n) is 3.24. The van der Waals surface area contributed by atoms with Crippen LogP contribution in [-0.2, 0) is 4.74 Å². The largest absolute Gasteiger partial charge is 0.462 e. The van der Waals surface area contributed by atoms with Gasteiger partial charge in [0, 0.05) is 5.69 Å². The summed E-state index contributed by atoms with van der Waals surface area (Å²) in [7, 11) is 0. The van der Waals surface area contributed by atoms with Crippen LogP contribution in [0.5, 0.6) is 0 Å². The minimum absolute atomic E-state index is 0.295. The summed E-state index contributed by atoms with van der Waals surface area (Å²) >= 11 is 0. The normalized spacial score (nSPS) is 10.6. The molecule has 0 amide bonds. The van der Waals surface area contributed by atoms with E-state index in [-0.39, 0.29) is 0 Å². The van der Waals surface area contributed by atoms with E-state index in [1.54, 1.807) is 17.7 Å². The van der Waals surface area contributed by atoms with Crippen molar-refractivity contribution in [3.05, 3.63) is 34.8 Å². The second-order valence-electron chi connectivity index (χ2n) is 4.57. The average molecular weight is 274 g/mol. The Morgan fingerprint density at radius 3 is 2.65 bits per heavy atom. The predicted octanol–water partition coefficient (Wildman–Crippen LogP) is 1.95. The lowest BCUT2D eigenvalue weighted by atomic mass is 10.2. The Balaban J connectivity index is 2.61. The number of esters is 1. The fraction of sp³-hybridized carbons (Fsp3) is 0.357. The molecule has 0 unspecified atom stereocenters.